The van der Waals surface area contributed by atoms with Gasteiger partial charge in [-0.25, -0.2) is 4.68 Å². The minimum Gasteiger partial charge on any atom is -0.384 e. The van der Waals surface area contributed by atoms with Gasteiger partial charge in [0.1, 0.15) is 17.4 Å². The molecule has 2 heterocycles. The lowest BCUT2D eigenvalue weighted by atomic mass is 9.90. The molecular formula is C17H28N4O3. The van der Waals surface area contributed by atoms with Gasteiger partial charge in [0, 0.05) is 0 Å². The smallest absolute Gasteiger partial charge is 0.249 e. The van der Waals surface area contributed by atoms with Crippen LogP contribution < -0.4 is 5.32 Å². The van der Waals surface area contributed by atoms with Crippen LogP contribution in [0.3, 0.4) is 0 Å². The molecular weight excluding hydrogens is 308 g/mol. The van der Waals surface area contributed by atoms with E-state index in [0.29, 0.717) is 5.69 Å². The second kappa shape index (κ2) is 6.80. The van der Waals surface area contributed by atoms with E-state index in [1.54, 1.807) is 24.7 Å². The zero-order valence-electron chi connectivity index (χ0n) is 14.7. The molecule has 24 heavy (non-hydrogen) atoms. The molecule has 3 rings (SSSR count). The monoisotopic (exact) mass is 336 g/mol. The van der Waals surface area contributed by atoms with Crippen molar-refractivity contribution in [2.45, 2.75) is 89.2 Å². The van der Waals surface area contributed by atoms with Crippen molar-refractivity contribution in [2.75, 3.05) is 0 Å². The lowest BCUT2D eigenvalue weighted by Gasteiger charge is -2.32. The third-order valence-corrected chi connectivity index (χ3v) is 5.06. The number of hydrogen-bond acceptors (Lipinski definition) is 5. The lowest BCUT2D eigenvalue weighted by molar-refractivity contribution is -0.133. The summed E-state index contributed by atoms with van der Waals surface area (Å²) in [7, 11) is 0. The van der Waals surface area contributed by atoms with Gasteiger partial charge >= 0.3 is 0 Å². The summed E-state index contributed by atoms with van der Waals surface area (Å²) in [5, 5.41) is 21.5. The van der Waals surface area contributed by atoms with Crippen LogP contribution in [-0.2, 0) is 15.1 Å². The van der Waals surface area contributed by atoms with E-state index in [1.807, 2.05) is 6.92 Å². The normalized spacial score (nSPS) is 31.2. The van der Waals surface area contributed by atoms with Gasteiger partial charge in [0.05, 0.1) is 24.4 Å². The number of nitrogens with one attached hydrogen (secondary N) is 1. The summed E-state index contributed by atoms with van der Waals surface area (Å²) in [6.45, 7) is 5.39. The Morgan fingerprint density at radius 3 is 2.71 bits per heavy atom. The average Bonchev–Trinajstić information content (AvgIpc) is 3.16. The first kappa shape index (κ1) is 17.4. The van der Waals surface area contributed by atoms with Crippen molar-refractivity contribution in [3.63, 3.8) is 0 Å². The molecule has 1 saturated heterocycles. The molecule has 1 saturated carbocycles. The van der Waals surface area contributed by atoms with Crippen molar-refractivity contribution in [3.05, 3.63) is 11.9 Å². The summed E-state index contributed by atoms with van der Waals surface area (Å²) in [4.78, 5) is 12.5. The molecule has 1 aliphatic carbocycles. The van der Waals surface area contributed by atoms with E-state index in [1.165, 1.54) is 0 Å². The molecule has 2 N–H and O–H groups in total. The van der Waals surface area contributed by atoms with Crippen LogP contribution in [0.4, 0.5) is 0 Å². The fourth-order valence-electron chi connectivity index (χ4n) is 3.59. The summed E-state index contributed by atoms with van der Waals surface area (Å²) in [5.74, 6) is -0.0147. The summed E-state index contributed by atoms with van der Waals surface area (Å²) in [6.07, 6.45) is 7.42. The summed E-state index contributed by atoms with van der Waals surface area (Å²) in [5.41, 5.74) is -0.467. The molecule has 0 bridgehead atoms. The van der Waals surface area contributed by atoms with Crippen LogP contribution in [0.2, 0.25) is 0 Å². The van der Waals surface area contributed by atoms with Crippen molar-refractivity contribution in [2.24, 2.45) is 0 Å². The quantitative estimate of drug-likeness (QED) is 0.873. The minimum atomic E-state index is -1.01. The first-order chi connectivity index (χ1) is 11.3. The molecule has 0 radical (unpaired) electrons. The zero-order chi connectivity index (χ0) is 17.3. The summed E-state index contributed by atoms with van der Waals surface area (Å²) in [6, 6.07) is 0.104. The molecule has 1 aliphatic heterocycles. The second-order valence-corrected chi connectivity index (χ2v) is 7.62. The Labute approximate surface area is 142 Å². The Bertz CT molecular complexity index is 581. The predicted molar refractivity (Wildman–Crippen MR) is 88.3 cm³/mol. The van der Waals surface area contributed by atoms with Crippen molar-refractivity contribution >= 4 is 5.91 Å². The van der Waals surface area contributed by atoms with Crippen LogP contribution in [0.15, 0.2) is 6.20 Å². The average molecular weight is 336 g/mol. The highest BCUT2D eigenvalue weighted by Crippen LogP contribution is 2.30. The minimum absolute atomic E-state index is 0.0147. The Hall–Kier alpha value is -1.47. The van der Waals surface area contributed by atoms with E-state index in [4.69, 9.17) is 4.74 Å². The van der Waals surface area contributed by atoms with E-state index in [-0.39, 0.29) is 30.2 Å². The largest absolute Gasteiger partial charge is 0.384 e. The number of carbonyl (C=O) groups is 1. The SMILES string of the molecule is CC1CCC(C(=O)N[C@H]2CCCC[C@H]2n2cc(C(C)(C)O)nn2)O1. The van der Waals surface area contributed by atoms with E-state index in [9.17, 15) is 9.90 Å². The van der Waals surface area contributed by atoms with Crippen molar-refractivity contribution in [1.29, 1.82) is 0 Å². The Balaban J connectivity index is 1.69. The molecule has 4 atom stereocenters. The maximum Gasteiger partial charge on any atom is 0.249 e. The number of carbonyl (C=O) groups excluding carboxylic acids is 1. The van der Waals surface area contributed by atoms with E-state index < -0.39 is 5.60 Å². The third kappa shape index (κ3) is 3.78. The Morgan fingerprint density at radius 2 is 2.08 bits per heavy atom. The van der Waals surface area contributed by atoms with Crippen molar-refractivity contribution in [1.82, 2.24) is 20.3 Å². The number of aromatic nitrogens is 3. The van der Waals surface area contributed by atoms with E-state index in [0.717, 1.165) is 38.5 Å². The van der Waals surface area contributed by atoms with E-state index >= 15 is 0 Å². The maximum absolute atomic E-state index is 12.5. The zero-order valence-corrected chi connectivity index (χ0v) is 14.7. The van der Waals surface area contributed by atoms with Gasteiger partial charge in [0.15, 0.2) is 0 Å². The van der Waals surface area contributed by atoms with Gasteiger partial charge in [0.25, 0.3) is 0 Å². The molecule has 1 amide bonds. The topological polar surface area (TPSA) is 89.3 Å². The number of ether oxygens (including phenoxy) is 1. The molecule has 2 unspecified atom stereocenters. The van der Waals surface area contributed by atoms with Gasteiger partial charge in [-0.15, -0.1) is 5.10 Å². The molecule has 2 fully saturated rings. The standard InChI is InChI=1S/C17H28N4O3/c1-11-8-9-14(24-11)16(22)18-12-6-4-5-7-13(12)21-10-15(19-20-21)17(2,3)23/h10-14,23H,4-9H2,1-3H3,(H,18,22)/t11?,12-,13+,14?/m0/s1. The van der Waals surface area contributed by atoms with Crippen LogP contribution in [-0.4, -0.2) is 44.3 Å². The van der Waals surface area contributed by atoms with Gasteiger partial charge in [-0.2, -0.15) is 0 Å². The highest BCUT2D eigenvalue weighted by molar-refractivity contribution is 5.81. The number of rotatable bonds is 4. The Kier molecular flexibility index (Phi) is 4.92. The molecule has 0 spiro atoms. The second-order valence-electron chi connectivity index (χ2n) is 7.62. The van der Waals surface area contributed by atoms with Crippen LogP contribution in [0.5, 0.6) is 0 Å². The fourth-order valence-corrected chi connectivity index (χ4v) is 3.59. The van der Waals surface area contributed by atoms with Gasteiger partial charge in [0.2, 0.25) is 5.91 Å². The Morgan fingerprint density at radius 1 is 1.33 bits per heavy atom. The maximum atomic E-state index is 12.5. The lowest BCUT2D eigenvalue weighted by Crippen LogP contribution is -2.47. The highest BCUT2D eigenvalue weighted by Gasteiger charge is 2.34. The number of aliphatic hydroxyl groups is 1. The molecule has 7 nitrogen and oxygen atoms in total. The molecule has 7 heteroatoms. The van der Waals surface area contributed by atoms with Crippen molar-refractivity contribution < 1.29 is 14.6 Å². The van der Waals surface area contributed by atoms with Gasteiger partial charge < -0.3 is 15.2 Å². The summed E-state index contributed by atoms with van der Waals surface area (Å²) >= 11 is 0. The van der Waals surface area contributed by atoms with Crippen LogP contribution in [0, 0.1) is 0 Å². The van der Waals surface area contributed by atoms with Crippen LogP contribution in [0.25, 0.3) is 0 Å². The molecule has 1 aromatic rings. The van der Waals surface area contributed by atoms with Crippen molar-refractivity contribution in [3.8, 4) is 0 Å². The van der Waals surface area contributed by atoms with Crippen LogP contribution in [0.1, 0.15) is 71.0 Å². The van der Waals surface area contributed by atoms with Crippen LogP contribution >= 0.6 is 0 Å². The molecule has 0 aromatic carbocycles. The number of amides is 1. The van der Waals surface area contributed by atoms with E-state index in [2.05, 4.69) is 15.6 Å². The first-order valence-corrected chi connectivity index (χ1v) is 8.95. The predicted octanol–water partition coefficient (Wildman–Crippen LogP) is 1.67. The summed E-state index contributed by atoms with van der Waals surface area (Å²) < 4.78 is 7.48. The molecule has 134 valence electrons. The third-order valence-electron chi connectivity index (χ3n) is 5.06. The number of hydrogen-bond donors (Lipinski definition) is 2. The molecule has 1 aromatic heterocycles. The molecule has 2 aliphatic rings. The highest BCUT2D eigenvalue weighted by atomic mass is 16.5. The van der Waals surface area contributed by atoms with Gasteiger partial charge in [-0.05, 0) is 46.5 Å². The van der Waals surface area contributed by atoms with Gasteiger partial charge in [-0.3, -0.25) is 4.79 Å². The first-order valence-electron chi connectivity index (χ1n) is 8.95. The number of nitrogens with zero attached hydrogens (tertiary/aromatic N) is 3. The fraction of sp³-hybridized carbons (Fsp3) is 0.824. The van der Waals surface area contributed by atoms with Gasteiger partial charge in [-0.1, -0.05) is 18.1 Å².